The van der Waals surface area contributed by atoms with Gasteiger partial charge in [0.25, 0.3) is 0 Å². The quantitative estimate of drug-likeness (QED) is 0.861. The van der Waals surface area contributed by atoms with Crippen LogP contribution in [0.15, 0.2) is 30.6 Å². The minimum absolute atomic E-state index is 0.0428. The van der Waals surface area contributed by atoms with E-state index in [9.17, 15) is 9.59 Å². The van der Waals surface area contributed by atoms with E-state index in [0.29, 0.717) is 13.0 Å². The summed E-state index contributed by atoms with van der Waals surface area (Å²) in [5, 5.41) is 3.17. The van der Waals surface area contributed by atoms with Crippen LogP contribution in [-0.4, -0.2) is 69.9 Å². The van der Waals surface area contributed by atoms with Crippen molar-refractivity contribution >= 4 is 22.8 Å². The van der Waals surface area contributed by atoms with Crippen LogP contribution in [-0.2, 0) is 16.1 Å². The summed E-state index contributed by atoms with van der Waals surface area (Å²) in [5.41, 5.74) is 2.02. The number of aryl methyl sites for hydroxylation is 1. The first kappa shape index (κ1) is 18.0. The maximum atomic E-state index is 12.4. The first-order valence-corrected chi connectivity index (χ1v) is 9.80. The zero-order chi connectivity index (χ0) is 18.8. The van der Waals surface area contributed by atoms with Crippen molar-refractivity contribution in [3.8, 4) is 0 Å². The standard InChI is InChI=1S/C20H27N5O2/c1-23-10-8-18(20(23)27)24-11-6-15(7-12-24)22-19(26)9-13-25-14-21-16-4-2-3-5-17(16)25/h2-5,14-15,18H,6-13H2,1H3,(H,22,26). The molecule has 7 heteroatoms. The molecule has 1 unspecified atom stereocenters. The number of nitrogens with zero attached hydrogens (tertiary/aromatic N) is 4. The van der Waals surface area contributed by atoms with E-state index < -0.39 is 0 Å². The van der Waals surface area contributed by atoms with Crippen molar-refractivity contribution in [1.82, 2.24) is 24.7 Å². The number of piperidine rings is 1. The molecule has 144 valence electrons. The summed E-state index contributed by atoms with van der Waals surface area (Å²) >= 11 is 0. The van der Waals surface area contributed by atoms with Gasteiger partial charge in [0.15, 0.2) is 0 Å². The van der Waals surface area contributed by atoms with Gasteiger partial charge in [-0.15, -0.1) is 0 Å². The topological polar surface area (TPSA) is 70.5 Å². The second-order valence-corrected chi connectivity index (χ2v) is 7.62. The number of hydrogen-bond donors (Lipinski definition) is 1. The molecule has 0 aliphatic carbocycles. The number of carbonyl (C=O) groups excluding carboxylic acids is 2. The van der Waals surface area contributed by atoms with E-state index in [2.05, 4.69) is 15.2 Å². The van der Waals surface area contributed by atoms with Gasteiger partial charge in [0.2, 0.25) is 11.8 Å². The summed E-state index contributed by atoms with van der Waals surface area (Å²) in [5.74, 6) is 0.327. The van der Waals surface area contributed by atoms with E-state index in [1.807, 2.05) is 40.8 Å². The molecular weight excluding hydrogens is 342 g/mol. The van der Waals surface area contributed by atoms with Crippen LogP contribution in [0.1, 0.15) is 25.7 Å². The molecule has 27 heavy (non-hydrogen) atoms. The fourth-order valence-corrected chi connectivity index (χ4v) is 4.21. The molecule has 0 radical (unpaired) electrons. The highest BCUT2D eigenvalue weighted by molar-refractivity contribution is 5.83. The number of aromatic nitrogens is 2. The van der Waals surface area contributed by atoms with Crippen molar-refractivity contribution in [3.63, 3.8) is 0 Å². The van der Waals surface area contributed by atoms with Gasteiger partial charge in [-0.3, -0.25) is 14.5 Å². The maximum Gasteiger partial charge on any atom is 0.239 e. The van der Waals surface area contributed by atoms with Gasteiger partial charge >= 0.3 is 0 Å². The second kappa shape index (κ2) is 7.68. The molecule has 2 aliphatic rings. The SMILES string of the molecule is CN1CCC(N2CCC(NC(=O)CCn3cnc4ccccc43)CC2)C1=O. The van der Waals surface area contributed by atoms with Crippen LogP contribution in [0.2, 0.25) is 0 Å². The lowest BCUT2D eigenvalue weighted by Crippen LogP contribution is -2.50. The highest BCUT2D eigenvalue weighted by atomic mass is 16.2. The third-order valence-electron chi connectivity index (χ3n) is 5.84. The van der Waals surface area contributed by atoms with E-state index in [1.165, 1.54) is 0 Å². The summed E-state index contributed by atoms with van der Waals surface area (Å²) in [4.78, 5) is 33.0. The Hall–Kier alpha value is -2.41. The molecule has 1 aromatic carbocycles. The Morgan fingerprint density at radius 2 is 1.96 bits per heavy atom. The number of hydrogen-bond acceptors (Lipinski definition) is 4. The normalized spacial score (nSPS) is 21.9. The molecule has 2 amide bonds. The second-order valence-electron chi connectivity index (χ2n) is 7.62. The van der Waals surface area contributed by atoms with Gasteiger partial charge in [0, 0.05) is 45.7 Å². The molecule has 2 aromatic rings. The molecular formula is C20H27N5O2. The van der Waals surface area contributed by atoms with Crippen molar-refractivity contribution in [3.05, 3.63) is 30.6 Å². The molecule has 3 heterocycles. The van der Waals surface area contributed by atoms with Crippen LogP contribution in [0.3, 0.4) is 0 Å². The molecule has 0 bridgehead atoms. The van der Waals surface area contributed by atoms with Gasteiger partial charge in [0.05, 0.1) is 23.4 Å². The fraction of sp³-hybridized carbons (Fsp3) is 0.550. The van der Waals surface area contributed by atoms with Crippen LogP contribution >= 0.6 is 0 Å². The number of benzene rings is 1. The van der Waals surface area contributed by atoms with E-state index in [1.54, 1.807) is 6.33 Å². The Kier molecular flexibility index (Phi) is 5.11. The summed E-state index contributed by atoms with van der Waals surface area (Å²) in [6.07, 6.45) is 4.99. The van der Waals surface area contributed by atoms with E-state index in [-0.39, 0.29) is 23.9 Å². The van der Waals surface area contributed by atoms with Crippen LogP contribution in [0.5, 0.6) is 0 Å². The predicted octanol–water partition coefficient (Wildman–Crippen LogP) is 1.24. The van der Waals surface area contributed by atoms with Gasteiger partial charge in [-0.2, -0.15) is 0 Å². The summed E-state index contributed by atoms with van der Waals surface area (Å²) in [7, 11) is 1.87. The lowest BCUT2D eigenvalue weighted by Gasteiger charge is -2.35. The predicted molar refractivity (Wildman–Crippen MR) is 103 cm³/mol. The third-order valence-corrected chi connectivity index (χ3v) is 5.84. The van der Waals surface area contributed by atoms with Crippen molar-refractivity contribution < 1.29 is 9.59 Å². The van der Waals surface area contributed by atoms with Gasteiger partial charge < -0.3 is 14.8 Å². The number of para-hydroxylation sites is 2. The number of carbonyl (C=O) groups is 2. The summed E-state index contributed by atoms with van der Waals surface area (Å²) < 4.78 is 2.03. The molecule has 0 spiro atoms. The minimum Gasteiger partial charge on any atom is -0.353 e. The zero-order valence-electron chi connectivity index (χ0n) is 15.8. The van der Waals surface area contributed by atoms with Gasteiger partial charge in [-0.25, -0.2) is 4.98 Å². The summed E-state index contributed by atoms with van der Waals surface area (Å²) in [6.45, 7) is 3.24. The molecule has 7 nitrogen and oxygen atoms in total. The number of likely N-dealkylation sites (tertiary alicyclic amines) is 2. The summed E-state index contributed by atoms with van der Waals surface area (Å²) in [6, 6.07) is 8.21. The number of nitrogens with one attached hydrogen (secondary N) is 1. The molecule has 4 rings (SSSR count). The number of imidazole rings is 1. The van der Waals surface area contributed by atoms with Gasteiger partial charge in [-0.1, -0.05) is 12.1 Å². The highest BCUT2D eigenvalue weighted by Gasteiger charge is 2.35. The van der Waals surface area contributed by atoms with Crippen LogP contribution in [0.25, 0.3) is 11.0 Å². The molecule has 1 N–H and O–H groups in total. The van der Waals surface area contributed by atoms with Gasteiger partial charge in [-0.05, 0) is 31.4 Å². The number of likely N-dealkylation sites (N-methyl/N-ethyl adjacent to an activating group) is 1. The zero-order valence-corrected chi connectivity index (χ0v) is 15.8. The minimum atomic E-state index is 0.0428. The average molecular weight is 369 g/mol. The Morgan fingerprint density at radius 1 is 1.19 bits per heavy atom. The number of rotatable bonds is 5. The molecule has 0 saturated carbocycles. The average Bonchev–Trinajstić information content (AvgIpc) is 3.25. The van der Waals surface area contributed by atoms with E-state index >= 15 is 0 Å². The Morgan fingerprint density at radius 3 is 2.70 bits per heavy atom. The number of amides is 2. The van der Waals surface area contributed by atoms with E-state index in [0.717, 1.165) is 49.9 Å². The highest BCUT2D eigenvalue weighted by Crippen LogP contribution is 2.21. The Bertz CT molecular complexity index is 825. The largest absolute Gasteiger partial charge is 0.353 e. The first-order valence-electron chi connectivity index (χ1n) is 9.80. The van der Waals surface area contributed by atoms with Crippen molar-refractivity contribution in [1.29, 1.82) is 0 Å². The fourth-order valence-electron chi connectivity index (χ4n) is 4.21. The van der Waals surface area contributed by atoms with Crippen LogP contribution in [0.4, 0.5) is 0 Å². The van der Waals surface area contributed by atoms with E-state index in [4.69, 9.17) is 0 Å². The van der Waals surface area contributed by atoms with Crippen molar-refractivity contribution in [2.24, 2.45) is 0 Å². The third kappa shape index (κ3) is 3.83. The molecule has 2 aliphatic heterocycles. The molecule has 1 aromatic heterocycles. The first-order chi connectivity index (χ1) is 13.1. The lowest BCUT2D eigenvalue weighted by atomic mass is 10.0. The smallest absolute Gasteiger partial charge is 0.239 e. The molecule has 2 fully saturated rings. The maximum absolute atomic E-state index is 12.4. The molecule has 2 saturated heterocycles. The monoisotopic (exact) mass is 369 g/mol. The number of fused-ring (bicyclic) bond motifs is 1. The Balaban J connectivity index is 1.23. The van der Waals surface area contributed by atoms with Gasteiger partial charge in [0.1, 0.15) is 0 Å². The van der Waals surface area contributed by atoms with Crippen LogP contribution < -0.4 is 5.32 Å². The molecule has 1 atom stereocenters. The Labute approximate surface area is 159 Å². The van der Waals surface area contributed by atoms with Crippen molar-refractivity contribution in [2.45, 2.75) is 44.3 Å². The van der Waals surface area contributed by atoms with Crippen molar-refractivity contribution in [2.75, 3.05) is 26.7 Å². The lowest BCUT2D eigenvalue weighted by molar-refractivity contribution is -0.131. The van der Waals surface area contributed by atoms with Crippen LogP contribution in [0, 0.1) is 0 Å².